The van der Waals surface area contributed by atoms with Gasteiger partial charge in [-0.2, -0.15) is 13.2 Å². The molecule has 18 heavy (non-hydrogen) atoms. The summed E-state index contributed by atoms with van der Waals surface area (Å²) in [7, 11) is 0. The molecule has 0 aliphatic carbocycles. The van der Waals surface area contributed by atoms with E-state index >= 15 is 0 Å². The molecule has 0 saturated carbocycles. The first-order valence-electron chi connectivity index (χ1n) is 5.00. The van der Waals surface area contributed by atoms with E-state index in [1.165, 1.54) is 18.2 Å². The Labute approximate surface area is 106 Å². The zero-order valence-corrected chi connectivity index (χ0v) is 9.88. The van der Waals surface area contributed by atoms with E-state index in [1.54, 1.807) is 0 Å². The number of benzene rings is 1. The molecule has 1 rings (SSSR count). The minimum absolute atomic E-state index is 0.000887. The summed E-state index contributed by atoms with van der Waals surface area (Å²) >= 11 is 5.60. The maximum atomic E-state index is 11.9. The minimum Gasteiger partial charge on any atom is -0.312 e. The van der Waals surface area contributed by atoms with Crippen molar-refractivity contribution < 1.29 is 18.1 Å². The minimum atomic E-state index is -4.21. The summed E-state index contributed by atoms with van der Waals surface area (Å²) in [5, 5.41) is 13.1. The molecule has 0 unspecified atom stereocenters. The molecule has 0 heterocycles. The Morgan fingerprint density at radius 2 is 2.06 bits per heavy atom. The van der Waals surface area contributed by atoms with Crippen LogP contribution in [-0.2, 0) is 6.54 Å². The molecule has 0 bridgehead atoms. The molecule has 0 atom stereocenters. The van der Waals surface area contributed by atoms with Crippen LogP contribution in [-0.4, -0.2) is 17.6 Å². The molecule has 0 aliphatic rings. The van der Waals surface area contributed by atoms with Crippen LogP contribution in [0, 0.1) is 10.1 Å². The van der Waals surface area contributed by atoms with Crippen LogP contribution in [0.4, 0.5) is 18.9 Å². The van der Waals surface area contributed by atoms with E-state index in [2.05, 4.69) is 5.32 Å². The molecule has 0 aromatic heterocycles. The van der Waals surface area contributed by atoms with Crippen molar-refractivity contribution in [3.63, 3.8) is 0 Å². The number of nitrogens with zero attached hydrogens (tertiary/aromatic N) is 1. The lowest BCUT2D eigenvalue weighted by Gasteiger charge is -2.07. The van der Waals surface area contributed by atoms with Crippen LogP contribution in [0.1, 0.15) is 12.0 Å². The molecule has 4 nitrogen and oxygen atoms in total. The van der Waals surface area contributed by atoms with Gasteiger partial charge in [-0.3, -0.25) is 10.1 Å². The van der Waals surface area contributed by atoms with Gasteiger partial charge in [0, 0.05) is 19.2 Å². The summed E-state index contributed by atoms with van der Waals surface area (Å²) in [6, 6.07) is 4.11. The summed E-state index contributed by atoms with van der Waals surface area (Å²) in [6.07, 6.45) is -5.15. The third-order valence-electron chi connectivity index (χ3n) is 2.12. The van der Waals surface area contributed by atoms with Gasteiger partial charge in [0.15, 0.2) is 0 Å². The maximum absolute atomic E-state index is 11.9. The van der Waals surface area contributed by atoms with Crippen LogP contribution in [0.5, 0.6) is 0 Å². The summed E-state index contributed by atoms with van der Waals surface area (Å²) < 4.78 is 35.6. The molecule has 0 spiro atoms. The zero-order valence-electron chi connectivity index (χ0n) is 9.13. The molecule has 0 radical (unpaired) electrons. The molecule has 1 aromatic carbocycles. The van der Waals surface area contributed by atoms with Crippen molar-refractivity contribution in [1.82, 2.24) is 5.32 Å². The molecule has 1 aromatic rings. The number of nitro benzene ring substituents is 1. The van der Waals surface area contributed by atoms with Crippen molar-refractivity contribution in [2.75, 3.05) is 6.54 Å². The molecule has 100 valence electrons. The molecule has 0 fully saturated rings. The Hall–Kier alpha value is -1.34. The van der Waals surface area contributed by atoms with Crippen molar-refractivity contribution in [2.45, 2.75) is 19.1 Å². The first-order chi connectivity index (χ1) is 8.29. The van der Waals surface area contributed by atoms with Crippen molar-refractivity contribution in [1.29, 1.82) is 0 Å². The number of rotatable bonds is 5. The zero-order chi connectivity index (χ0) is 13.8. The van der Waals surface area contributed by atoms with Gasteiger partial charge in [-0.05, 0) is 11.6 Å². The van der Waals surface area contributed by atoms with Crippen molar-refractivity contribution in [3.05, 3.63) is 38.9 Å². The van der Waals surface area contributed by atoms with Crippen molar-refractivity contribution in [2.24, 2.45) is 0 Å². The highest BCUT2D eigenvalue weighted by Gasteiger charge is 2.25. The van der Waals surface area contributed by atoms with Crippen LogP contribution in [0.25, 0.3) is 0 Å². The largest absolute Gasteiger partial charge is 0.390 e. The van der Waals surface area contributed by atoms with Gasteiger partial charge in [0.25, 0.3) is 5.69 Å². The first kappa shape index (κ1) is 14.7. The van der Waals surface area contributed by atoms with Crippen LogP contribution in [0.3, 0.4) is 0 Å². The average molecular weight is 283 g/mol. The van der Waals surface area contributed by atoms with E-state index in [0.717, 1.165) is 0 Å². The third-order valence-corrected chi connectivity index (χ3v) is 2.44. The summed E-state index contributed by atoms with van der Waals surface area (Å²) in [6.45, 7) is -0.117. The highest BCUT2D eigenvalue weighted by molar-refractivity contribution is 6.32. The van der Waals surface area contributed by atoms with Crippen molar-refractivity contribution in [3.8, 4) is 0 Å². The maximum Gasteiger partial charge on any atom is 0.390 e. The molecule has 0 amide bonds. The fourth-order valence-corrected chi connectivity index (χ4v) is 1.46. The Bertz CT molecular complexity index is 438. The molecule has 0 saturated heterocycles. The lowest BCUT2D eigenvalue weighted by atomic mass is 10.2. The SMILES string of the molecule is O=[N+]([O-])c1cc(CNCCC(F)(F)F)ccc1Cl. The topological polar surface area (TPSA) is 55.2 Å². The Morgan fingerprint density at radius 1 is 1.39 bits per heavy atom. The van der Waals surface area contributed by atoms with Gasteiger partial charge in [0.2, 0.25) is 0 Å². The van der Waals surface area contributed by atoms with Crippen LogP contribution in [0.15, 0.2) is 18.2 Å². The van der Waals surface area contributed by atoms with E-state index in [9.17, 15) is 23.3 Å². The van der Waals surface area contributed by atoms with Crippen LogP contribution >= 0.6 is 11.6 Å². The van der Waals surface area contributed by atoms with E-state index in [-0.39, 0.29) is 23.8 Å². The number of hydrogen-bond donors (Lipinski definition) is 1. The summed E-state index contributed by atoms with van der Waals surface area (Å²) in [5.74, 6) is 0. The number of nitro groups is 1. The third kappa shape index (κ3) is 4.89. The van der Waals surface area contributed by atoms with E-state index in [1.807, 2.05) is 0 Å². The second-order valence-corrected chi connectivity index (χ2v) is 3.99. The normalized spacial score (nSPS) is 11.6. The van der Waals surface area contributed by atoms with Crippen molar-refractivity contribution >= 4 is 17.3 Å². The fraction of sp³-hybridized carbons (Fsp3) is 0.400. The molecule has 8 heteroatoms. The van der Waals surface area contributed by atoms with Gasteiger partial charge in [-0.1, -0.05) is 17.7 Å². The highest BCUT2D eigenvalue weighted by Crippen LogP contribution is 2.25. The lowest BCUT2D eigenvalue weighted by molar-refractivity contribution is -0.384. The van der Waals surface area contributed by atoms with Crippen LogP contribution < -0.4 is 5.32 Å². The standard InChI is InChI=1S/C10H10ClF3N2O2/c11-8-2-1-7(5-9(8)16(17)18)6-15-4-3-10(12,13)14/h1-2,5,15H,3-4,6H2. The highest BCUT2D eigenvalue weighted by atomic mass is 35.5. The number of hydrogen-bond acceptors (Lipinski definition) is 3. The Kier molecular flexibility index (Phi) is 4.92. The molecular formula is C10H10ClF3N2O2. The van der Waals surface area contributed by atoms with Gasteiger partial charge in [0.05, 0.1) is 11.3 Å². The smallest absolute Gasteiger partial charge is 0.312 e. The molecular weight excluding hydrogens is 273 g/mol. The number of halogens is 4. The lowest BCUT2D eigenvalue weighted by Crippen LogP contribution is -2.21. The second kappa shape index (κ2) is 6.01. The fourth-order valence-electron chi connectivity index (χ4n) is 1.27. The quantitative estimate of drug-likeness (QED) is 0.512. The molecule has 0 aliphatic heterocycles. The number of nitrogens with one attached hydrogen (secondary N) is 1. The van der Waals surface area contributed by atoms with Gasteiger partial charge in [-0.15, -0.1) is 0 Å². The van der Waals surface area contributed by atoms with Gasteiger partial charge in [-0.25, -0.2) is 0 Å². The van der Waals surface area contributed by atoms with E-state index in [4.69, 9.17) is 11.6 Å². The Balaban J connectivity index is 2.53. The van der Waals surface area contributed by atoms with E-state index < -0.39 is 17.5 Å². The molecule has 1 N–H and O–H groups in total. The predicted molar refractivity (Wildman–Crippen MR) is 60.5 cm³/mol. The summed E-state index contributed by atoms with van der Waals surface area (Å²) in [5.41, 5.74) is 0.250. The van der Waals surface area contributed by atoms with Gasteiger partial charge < -0.3 is 5.32 Å². The summed E-state index contributed by atoms with van der Waals surface area (Å²) in [4.78, 5) is 9.95. The van der Waals surface area contributed by atoms with Crippen LogP contribution in [0.2, 0.25) is 5.02 Å². The average Bonchev–Trinajstić information content (AvgIpc) is 2.24. The monoisotopic (exact) mass is 282 g/mol. The second-order valence-electron chi connectivity index (χ2n) is 3.58. The van der Waals surface area contributed by atoms with Gasteiger partial charge in [0.1, 0.15) is 5.02 Å². The first-order valence-corrected chi connectivity index (χ1v) is 5.37. The number of alkyl halides is 3. The Morgan fingerprint density at radius 3 is 2.61 bits per heavy atom. The van der Waals surface area contributed by atoms with E-state index in [0.29, 0.717) is 5.56 Å². The van der Waals surface area contributed by atoms with Gasteiger partial charge >= 0.3 is 6.18 Å². The predicted octanol–water partition coefficient (Wildman–Crippen LogP) is 3.29.